The largest absolute Gasteiger partial charge is 0.496 e. The van der Waals surface area contributed by atoms with Gasteiger partial charge < -0.3 is 4.74 Å². The molecule has 2 N–H and O–H groups in total. The predicted molar refractivity (Wildman–Crippen MR) is 102 cm³/mol. The van der Waals surface area contributed by atoms with Crippen molar-refractivity contribution in [2.24, 2.45) is 0 Å². The number of ether oxygens (including phenoxy) is 1. The van der Waals surface area contributed by atoms with Crippen LogP contribution in [0, 0.1) is 6.92 Å². The number of anilines is 1. The maximum Gasteiger partial charge on any atom is 0.269 e. The Morgan fingerprint density at radius 3 is 2.88 bits per heavy atom. The van der Waals surface area contributed by atoms with Crippen LogP contribution in [0.3, 0.4) is 0 Å². The number of benzene rings is 1. The highest BCUT2D eigenvalue weighted by Crippen LogP contribution is 2.27. The SMILES string of the molecule is CCCCn1nnc(NC(=S)NC(=O)c2cc(Br)cc(C)c2OC)n1. The van der Waals surface area contributed by atoms with E-state index in [-0.39, 0.29) is 11.1 Å². The Kier molecular flexibility index (Phi) is 6.82. The molecule has 0 bridgehead atoms. The quantitative estimate of drug-likeness (QED) is 0.685. The Morgan fingerprint density at radius 2 is 2.20 bits per heavy atom. The lowest BCUT2D eigenvalue weighted by Crippen LogP contribution is -2.34. The molecule has 0 aliphatic heterocycles. The average molecular weight is 427 g/mol. The van der Waals surface area contributed by atoms with Crippen LogP contribution in [-0.2, 0) is 6.54 Å². The van der Waals surface area contributed by atoms with Gasteiger partial charge in [0.05, 0.1) is 19.2 Å². The number of unbranched alkanes of at least 4 members (excludes halogenated alkanes) is 1. The summed E-state index contributed by atoms with van der Waals surface area (Å²) >= 11 is 8.51. The molecular weight excluding hydrogens is 408 g/mol. The van der Waals surface area contributed by atoms with Gasteiger partial charge in [-0.1, -0.05) is 34.4 Å². The second-order valence-electron chi connectivity index (χ2n) is 5.27. The molecule has 0 saturated heterocycles. The van der Waals surface area contributed by atoms with Crippen LogP contribution in [0.1, 0.15) is 35.7 Å². The average Bonchev–Trinajstić information content (AvgIpc) is 2.99. The van der Waals surface area contributed by atoms with Crippen molar-refractivity contribution in [2.45, 2.75) is 33.2 Å². The van der Waals surface area contributed by atoms with E-state index in [9.17, 15) is 4.79 Å². The van der Waals surface area contributed by atoms with Crippen LogP contribution in [0.25, 0.3) is 0 Å². The van der Waals surface area contributed by atoms with Crippen LogP contribution in [0.5, 0.6) is 5.75 Å². The zero-order chi connectivity index (χ0) is 18.4. The summed E-state index contributed by atoms with van der Waals surface area (Å²) in [6.45, 7) is 4.62. The maximum absolute atomic E-state index is 12.5. The minimum absolute atomic E-state index is 0.0831. The highest BCUT2D eigenvalue weighted by atomic mass is 79.9. The third-order valence-electron chi connectivity index (χ3n) is 3.31. The lowest BCUT2D eigenvalue weighted by atomic mass is 10.1. The van der Waals surface area contributed by atoms with E-state index in [1.165, 1.54) is 11.9 Å². The molecule has 8 nitrogen and oxygen atoms in total. The lowest BCUT2D eigenvalue weighted by Gasteiger charge is -2.12. The zero-order valence-corrected chi connectivity index (χ0v) is 16.6. The van der Waals surface area contributed by atoms with E-state index in [1.54, 1.807) is 6.07 Å². The summed E-state index contributed by atoms with van der Waals surface area (Å²) in [6.07, 6.45) is 1.99. The monoisotopic (exact) mass is 426 g/mol. The van der Waals surface area contributed by atoms with Crippen molar-refractivity contribution in [1.82, 2.24) is 25.5 Å². The molecule has 1 aromatic carbocycles. The number of rotatable bonds is 6. The normalized spacial score (nSPS) is 10.4. The van der Waals surface area contributed by atoms with Gasteiger partial charge in [-0.15, -0.1) is 5.10 Å². The number of aryl methyl sites for hydroxylation is 2. The van der Waals surface area contributed by atoms with Crippen LogP contribution < -0.4 is 15.4 Å². The van der Waals surface area contributed by atoms with Crippen molar-refractivity contribution in [3.63, 3.8) is 0 Å². The molecular formula is C15H19BrN6O2S. The third kappa shape index (κ3) is 5.20. The fourth-order valence-electron chi connectivity index (χ4n) is 2.16. The van der Waals surface area contributed by atoms with Gasteiger partial charge in [-0.3, -0.25) is 15.4 Å². The molecule has 0 radical (unpaired) electrons. The van der Waals surface area contributed by atoms with Gasteiger partial charge in [0.1, 0.15) is 5.75 Å². The summed E-state index contributed by atoms with van der Waals surface area (Å²) in [6, 6.07) is 3.54. The number of carbonyl (C=O) groups is 1. The van der Waals surface area contributed by atoms with Crippen LogP contribution in [0.2, 0.25) is 0 Å². The Labute approximate surface area is 159 Å². The van der Waals surface area contributed by atoms with E-state index >= 15 is 0 Å². The molecule has 0 unspecified atom stereocenters. The second-order valence-corrected chi connectivity index (χ2v) is 6.60. The molecule has 0 atom stereocenters. The standard InChI is InChI=1S/C15H19BrN6O2S/c1-4-5-6-22-20-14(19-21-22)18-15(25)17-13(23)11-8-10(16)7-9(2)12(11)24-3/h7-8H,4-6H2,1-3H3,(H2,17,18,20,23,25). The number of hydrogen-bond acceptors (Lipinski definition) is 6. The van der Waals surface area contributed by atoms with Crippen molar-refractivity contribution in [2.75, 3.05) is 12.4 Å². The number of amides is 1. The maximum atomic E-state index is 12.5. The highest BCUT2D eigenvalue weighted by molar-refractivity contribution is 9.10. The number of nitrogens with one attached hydrogen (secondary N) is 2. The fourth-order valence-corrected chi connectivity index (χ4v) is 2.92. The smallest absolute Gasteiger partial charge is 0.269 e. The van der Waals surface area contributed by atoms with Gasteiger partial charge in [0.2, 0.25) is 0 Å². The van der Waals surface area contributed by atoms with E-state index in [4.69, 9.17) is 17.0 Å². The summed E-state index contributed by atoms with van der Waals surface area (Å²) < 4.78 is 6.08. The van der Waals surface area contributed by atoms with Crippen molar-refractivity contribution >= 4 is 45.1 Å². The van der Waals surface area contributed by atoms with Crippen LogP contribution in [0.4, 0.5) is 5.95 Å². The molecule has 10 heteroatoms. The van der Waals surface area contributed by atoms with Crippen LogP contribution in [0.15, 0.2) is 16.6 Å². The summed E-state index contributed by atoms with van der Waals surface area (Å²) in [5.74, 6) is 0.336. The molecule has 0 aliphatic carbocycles. The molecule has 134 valence electrons. The van der Waals surface area contributed by atoms with Gasteiger partial charge in [0, 0.05) is 4.47 Å². The van der Waals surface area contributed by atoms with Crippen molar-refractivity contribution in [3.05, 3.63) is 27.7 Å². The Hall–Kier alpha value is -2.07. The second kappa shape index (κ2) is 8.86. The third-order valence-corrected chi connectivity index (χ3v) is 3.97. The van der Waals surface area contributed by atoms with Gasteiger partial charge >= 0.3 is 0 Å². The first-order chi connectivity index (χ1) is 11.9. The lowest BCUT2D eigenvalue weighted by molar-refractivity contribution is 0.0974. The highest BCUT2D eigenvalue weighted by Gasteiger charge is 2.17. The van der Waals surface area contributed by atoms with Crippen molar-refractivity contribution in [1.29, 1.82) is 0 Å². The molecule has 2 aromatic rings. The molecule has 2 rings (SSSR count). The number of methoxy groups -OCH3 is 1. The van der Waals surface area contributed by atoms with Gasteiger partial charge in [0.15, 0.2) is 5.11 Å². The number of aromatic nitrogens is 4. The Balaban J connectivity index is 2.03. The molecule has 1 heterocycles. The number of tetrazole rings is 1. The Morgan fingerprint density at radius 1 is 1.44 bits per heavy atom. The van der Waals surface area contributed by atoms with Gasteiger partial charge in [0.25, 0.3) is 11.9 Å². The number of nitrogens with zero attached hydrogens (tertiary/aromatic N) is 4. The van der Waals surface area contributed by atoms with Crippen LogP contribution >= 0.6 is 28.1 Å². The molecule has 1 amide bonds. The zero-order valence-electron chi connectivity index (χ0n) is 14.2. The molecule has 0 aliphatic rings. The minimum Gasteiger partial charge on any atom is -0.496 e. The molecule has 0 fully saturated rings. The van der Waals surface area contributed by atoms with Crippen LogP contribution in [-0.4, -0.2) is 38.3 Å². The minimum atomic E-state index is -0.392. The first-order valence-electron chi connectivity index (χ1n) is 7.68. The summed E-state index contributed by atoms with van der Waals surface area (Å²) in [5, 5.41) is 17.3. The molecule has 25 heavy (non-hydrogen) atoms. The van der Waals surface area contributed by atoms with E-state index in [0.29, 0.717) is 17.9 Å². The van der Waals surface area contributed by atoms with Gasteiger partial charge in [-0.25, -0.2) is 0 Å². The van der Waals surface area contributed by atoms with Gasteiger partial charge in [-0.2, -0.15) is 4.80 Å². The van der Waals surface area contributed by atoms with Crippen molar-refractivity contribution < 1.29 is 9.53 Å². The summed E-state index contributed by atoms with van der Waals surface area (Å²) in [5.41, 5.74) is 1.21. The fraction of sp³-hybridized carbons (Fsp3) is 0.400. The number of carbonyl (C=O) groups excluding carboxylic acids is 1. The Bertz CT molecular complexity index is 779. The summed E-state index contributed by atoms with van der Waals surface area (Å²) in [7, 11) is 1.52. The van der Waals surface area contributed by atoms with E-state index in [1.807, 2.05) is 13.0 Å². The predicted octanol–water partition coefficient (Wildman–Crippen LogP) is 2.68. The van der Waals surface area contributed by atoms with E-state index in [0.717, 1.165) is 22.9 Å². The molecule has 0 spiro atoms. The van der Waals surface area contributed by atoms with Crippen molar-refractivity contribution in [3.8, 4) is 5.75 Å². The topological polar surface area (TPSA) is 94.0 Å². The number of halogens is 1. The number of hydrogen-bond donors (Lipinski definition) is 2. The first-order valence-corrected chi connectivity index (χ1v) is 8.89. The first kappa shape index (κ1) is 19.3. The van der Waals surface area contributed by atoms with E-state index in [2.05, 4.69) is 48.9 Å². The number of thiocarbonyl (C=S) groups is 1. The van der Waals surface area contributed by atoms with E-state index < -0.39 is 5.91 Å². The van der Waals surface area contributed by atoms with Gasteiger partial charge in [-0.05, 0) is 48.5 Å². The molecule has 1 aromatic heterocycles. The summed E-state index contributed by atoms with van der Waals surface area (Å²) in [4.78, 5) is 14.0. The molecule has 0 saturated carbocycles.